The number of carbonyl (C=O) groups excluding carboxylic acids is 1. The van der Waals surface area contributed by atoms with Crippen LogP contribution >= 0.6 is 7.60 Å². The van der Waals surface area contributed by atoms with E-state index in [0.29, 0.717) is 0 Å². The van der Waals surface area contributed by atoms with Gasteiger partial charge >= 0.3 is 13.8 Å². The molecule has 0 N–H and O–H groups in total. The summed E-state index contributed by atoms with van der Waals surface area (Å²) in [4.78, 5) is 10.7. The smallest absolute Gasteiger partial charge is 0.435 e. The van der Waals surface area contributed by atoms with E-state index < -0.39 is 20.5 Å². The van der Waals surface area contributed by atoms with Crippen LogP contribution in [0.25, 0.3) is 0 Å². The minimum atomic E-state index is -3.24. The molecule has 0 fully saturated rings. The van der Waals surface area contributed by atoms with Gasteiger partial charge in [0.05, 0.1) is 6.61 Å². The van der Waals surface area contributed by atoms with E-state index in [9.17, 15) is 9.36 Å². The minimum Gasteiger partial charge on any atom is -0.435 e. The summed E-state index contributed by atoms with van der Waals surface area (Å²) in [6.45, 7) is 2.42. The summed E-state index contributed by atoms with van der Waals surface area (Å²) in [7, 11) is -1.86. The second-order valence-corrected chi connectivity index (χ2v) is 4.44. The number of methoxy groups -OCH3 is 1. The van der Waals surface area contributed by atoms with E-state index in [2.05, 4.69) is 18.7 Å². The van der Waals surface area contributed by atoms with Crippen LogP contribution in [-0.2, 0) is 27.8 Å². The van der Waals surface area contributed by atoms with Gasteiger partial charge in [-0.3, -0.25) is 13.6 Å². The summed E-state index contributed by atoms with van der Waals surface area (Å²) < 4.78 is 34.1. The van der Waals surface area contributed by atoms with E-state index >= 15 is 0 Å². The highest BCUT2D eigenvalue weighted by Crippen LogP contribution is 2.43. The van der Waals surface area contributed by atoms with Crippen LogP contribution in [0.15, 0.2) is 0 Å². The Balaban J connectivity index is 3.65. The lowest BCUT2D eigenvalue weighted by molar-refractivity contribution is -0.0113. The zero-order valence-electron chi connectivity index (χ0n) is 8.93. The van der Waals surface area contributed by atoms with Crippen LogP contribution in [0.2, 0.25) is 0 Å². The molecule has 0 aliphatic carbocycles. The van der Waals surface area contributed by atoms with E-state index in [1.54, 1.807) is 6.92 Å². The maximum atomic E-state index is 11.4. The highest BCUT2D eigenvalue weighted by atomic mass is 31.2. The highest BCUT2D eigenvalue weighted by molar-refractivity contribution is 7.52. The summed E-state index contributed by atoms with van der Waals surface area (Å²) >= 11 is 0. The first kappa shape index (κ1) is 14.4. The van der Waals surface area contributed by atoms with Crippen LogP contribution < -0.4 is 0 Å². The lowest BCUT2D eigenvalue weighted by atomic mass is 10.9. The van der Waals surface area contributed by atoms with E-state index in [-0.39, 0.29) is 13.4 Å². The SMILES string of the molecule is CCOC(=O)OCOP(C)(=O)OCOC. The molecule has 0 radical (unpaired) electrons. The summed E-state index contributed by atoms with van der Waals surface area (Å²) in [6.07, 6.45) is -0.885. The van der Waals surface area contributed by atoms with Gasteiger partial charge in [0, 0.05) is 13.8 Å². The quantitative estimate of drug-likeness (QED) is 0.381. The second-order valence-electron chi connectivity index (χ2n) is 2.38. The molecule has 0 rings (SSSR count). The lowest BCUT2D eigenvalue weighted by Crippen LogP contribution is -2.10. The van der Waals surface area contributed by atoms with E-state index in [0.717, 1.165) is 0 Å². The van der Waals surface area contributed by atoms with Crippen LogP contribution in [0.5, 0.6) is 0 Å². The Morgan fingerprint density at radius 3 is 2.33 bits per heavy atom. The van der Waals surface area contributed by atoms with Gasteiger partial charge in [-0.15, -0.1) is 0 Å². The molecule has 0 aliphatic rings. The third kappa shape index (κ3) is 8.38. The first-order valence-corrected chi connectivity index (χ1v) is 6.16. The molecule has 0 saturated carbocycles. The maximum absolute atomic E-state index is 11.4. The Bertz CT molecular complexity index is 229. The predicted octanol–water partition coefficient (Wildman–Crippen LogP) is 1.58. The first-order valence-electron chi connectivity index (χ1n) is 4.17. The molecule has 0 aromatic heterocycles. The van der Waals surface area contributed by atoms with Crippen molar-refractivity contribution in [1.29, 1.82) is 0 Å². The third-order valence-electron chi connectivity index (χ3n) is 1.13. The van der Waals surface area contributed by atoms with Crippen LogP contribution in [0.3, 0.4) is 0 Å². The van der Waals surface area contributed by atoms with Crippen molar-refractivity contribution in [3.8, 4) is 0 Å². The van der Waals surface area contributed by atoms with E-state index in [1.807, 2.05) is 0 Å². The monoisotopic (exact) mass is 242 g/mol. The molecule has 15 heavy (non-hydrogen) atoms. The highest BCUT2D eigenvalue weighted by Gasteiger charge is 2.17. The van der Waals surface area contributed by atoms with Gasteiger partial charge in [-0.25, -0.2) is 4.79 Å². The average Bonchev–Trinajstić information content (AvgIpc) is 2.15. The van der Waals surface area contributed by atoms with Crippen molar-refractivity contribution in [2.24, 2.45) is 0 Å². The van der Waals surface area contributed by atoms with Crippen molar-refractivity contribution in [1.82, 2.24) is 0 Å². The first-order chi connectivity index (χ1) is 7.02. The number of carbonyl (C=O) groups is 1. The minimum absolute atomic E-state index is 0.160. The molecule has 0 heterocycles. The Labute approximate surface area is 88.1 Å². The standard InChI is InChI=1S/C7H15O7P/c1-4-11-7(8)12-6-14-15(3,9)13-5-10-2/h4-6H2,1-3H3. The maximum Gasteiger partial charge on any atom is 0.510 e. The molecular formula is C7H15O7P. The largest absolute Gasteiger partial charge is 0.510 e. The van der Waals surface area contributed by atoms with Crippen LogP contribution in [0, 0.1) is 0 Å². The van der Waals surface area contributed by atoms with Gasteiger partial charge < -0.3 is 14.2 Å². The molecule has 0 aromatic carbocycles. The molecule has 1 unspecified atom stereocenters. The Morgan fingerprint density at radius 1 is 1.20 bits per heavy atom. The number of ether oxygens (including phenoxy) is 3. The third-order valence-corrected chi connectivity index (χ3v) is 2.28. The molecule has 0 aliphatic heterocycles. The van der Waals surface area contributed by atoms with Gasteiger partial charge in [0.25, 0.3) is 0 Å². The number of rotatable bonds is 7. The molecule has 8 heteroatoms. The van der Waals surface area contributed by atoms with Gasteiger partial charge in [0.2, 0.25) is 6.79 Å². The Kier molecular flexibility index (Phi) is 7.33. The molecule has 7 nitrogen and oxygen atoms in total. The predicted molar refractivity (Wildman–Crippen MR) is 50.6 cm³/mol. The molecule has 90 valence electrons. The van der Waals surface area contributed by atoms with E-state index in [4.69, 9.17) is 4.52 Å². The van der Waals surface area contributed by atoms with E-state index in [1.165, 1.54) is 13.8 Å². The van der Waals surface area contributed by atoms with Gasteiger partial charge in [-0.2, -0.15) is 0 Å². The molecule has 0 bridgehead atoms. The fourth-order valence-electron chi connectivity index (χ4n) is 0.515. The molecule has 0 spiro atoms. The topological polar surface area (TPSA) is 80.3 Å². The van der Waals surface area contributed by atoms with Gasteiger partial charge in [0.15, 0.2) is 6.79 Å². The van der Waals surface area contributed by atoms with Crippen molar-refractivity contribution >= 4 is 13.8 Å². The Hall–Kier alpha value is -0.620. The summed E-state index contributed by atoms with van der Waals surface area (Å²) in [5, 5.41) is 0. The van der Waals surface area contributed by atoms with Crippen molar-refractivity contribution in [2.75, 3.05) is 34.0 Å². The average molecular weight is 242 g/mol. The normalized spacial score (nSPS) is 14.3. The molecule has 1 atom stereocenters. The van der Waals surface area contributed by atoms with Crippen LogP contribution in [0.1, 0.15) is 6.92 Å². The molecule has 0 aromatic rings. The lowest BCUT2D eigenvalue weighted by Gasteiger charge is -2.13. The zero-order valence-corrected chi connectivity index (χ0v) is 9.82. The fraction of sp³-hybridized carbons (Fsp3) is 0.857. The second kappa shape index (κ2) is 7.64. The summed E-state index contributed by atoms with van der Waals surface area (Å²) in [6, 6.07) is 0. The fourth-order valence-corrected chi connectivity index (χ4v) is 1.13. The zero-order chi connectivity index (χ0) is 11.7. The molecule has 0 amide bonds. The van der Waals surface area contributed by atoms with Crippen LogP contribution in [0.4, 0.5) is 4.79 Å². The Morgan fingerprint density at radius 2 is 1.80 bits per heavy atom. The van der Waals surface area contributed by atoms with Crippen LogP contribution in [-0.4, -0.2) is 40.1 Å². The summed E-state index contributed by atoms with van der Waals surface area (Å²) in [5.74, 6) is 0. The number of hydrogen-bond acceptors (Lipinski definition) is 7. The van der Waals surface area contributed by atoms with Crippen molar-refractivity contribution < 1.29 is 32.6 Å². The van der Waals surface area contributed by atoms with Crippen molar-refractivity contribution in [3.63, 3.8) is 0 Å². The van der Waals surface area contributed by atoms with Gasteiger partial charge in [-0.05, 0) is 6.92 Å². The molecular weight excluding hydrogens is 227 g/mol. The van der Waals surface area contributed by atoms with Gasteiger partial charge in [0.1, 0.15) is 0 Å². The molecule has 0 saturated heterocycles. The summed E-state index contributed by atoms with van der Waals surface area (Å²) in [5.41, 5.74) is 0. The van der Waals surface area contributed by atoms with Crippen molar-refractivity contribution in [3.05, 3.63) is 0 Å². The van der Waals surface area contributed by atoms with Gasteiger partial charge in [-0.1, -0.05) is 0 Å². The van der Waals surface area contributed by atoms with Crippen molar-refractivity contribution in [2.45, 2.75) is 6.92 Å². The number of hydrogen-bond donors (Lipinski definition) is 0.